The second-order valence-corrected chi connectivity index (χ2v) is 9.36. The second kappa shape index (κ2) is 10.5. The highest BCUT2D eigenvalue weighted by atomic mass is 35.5. The standard InChI is InChI=1S/C24H22ClNO6S/c1-17(27)16-32-24(28)19-8-13-22(25)23(14-19)33(29,30)26(15-18-6-4-3-5-7-18)20-9-11-21(31-2)12-10-20/h3-14H,15-16H2,1-2H3. The molecule has 3 aromatic carbocycles. The van der Waals surface area contributed by atoms with E-state index in [1.807, 2.05) is 30.3 Å². The maximum atomic E-state index is 13.8. The third kappa shape index (κ3) is 5.91. The van der Waals surface area contributed by atoms with Crippen molar-refractivity contribution >= 4 is 39.1 Å². The van der Waals surface area contributed by atoms with Gasteiger partial charge in [-0.2, -0.15) is 0 Å². The van der Waals surface area contributed by atoms with E-state index in [-0.39, 0.29) is 27.8 Å². The normalized spacial score (nSPS) is 11.0. The third-order valence-corrected chi connectivity index (χ3v) is 6.93. The van der Waals surface area contributed by atoms with Gasteiger partial charge < -0.3 is 9.47 Å². The lowest BCUT2D eigenvalue weighted by Crippen LogP contribution is -2.31. The summed E-state index contributed by atoms with van der Waals surface area (Å²) in [5.74, 6) is -0.583. The summed E-state index contributed by atoms with van der Waals surface area (Å²) in [6.45, 7) is 0.904. The Bertz CT molecular complexity index is 1240. The fourth-order valence-electron chi connectivity index (χ4n) is 3.01. The summed E-state index contributed by atoms with van der Waals surface area (Å²) in [6.07, 6.45) is 0. The minimum absolute atomic E-state index is 0.0326. The molecular weight excluding hydrogens is 466 g/mol. The van der Waals surface area contributed by atoms with Crippen LogP contribution in [0.25, 0.3) is 0 Å². The molecule has 3 aromatic rings. The van der Waals surface area contributed by atoms with Gasteiger partial charge in [-0.1, -0.05) is 41.9 Å². The molecule has 0 spiro atoms. The van der Waals surface area contributed by atoms with Crippen LogP contribution in [0.4, 0.5) is 5.69 Å². The first kappa shape index (κ1) is 24.3. The van der Waals surface area contributed by atoms with Crippen LogP contribution in [-0.4, -0.2) is 33.9 Å². The number of ketones is 1. The quantitative estimate of drug-likeness (QED) is 0.413. The zero-order chi connectivity index (χ0) is 24.0. The SMILES string of the molecule is COc1ccc(N(Cc2ccccc2)S(=O)(=O)c2cc(C(=O)OCC(C)=O)ccc2Cl)cc1. The van der Waals surface area contributed by atoms with Gasteiger partial charge in [-0.15, -0.1) is 0 Å². The monoisotopic (exact) mass is 487 g/mol. The van der Waals surface area contributed by atoms with Crippen LogP contribution >= 0.6 is 11.6 Å². The summed E-state index contributed by atoms with van der Waals surface area (Å²) in [7, 11) is -2.69. The van der Waals surface area contributed by atoms with Gasteiger partial charge in [0.1, 0.15) is 17.3 Å². The highest BCUT2D eigenvalue weighted by Gasteiger charge is 2.29. The molecular formula is C24H22ClNO6S. The van der Waals surface area contributed by atoms with Gasteiger partial charge in [0.25, 0.3) is 10.0 Å². The Labute approximate surface area is 197 Å². The molecule has 0 aliphatic heterocycles. The molecule has 0 radical (unpaired) electrons. The maximum absolute atomic E-state index is 13.8. The molecule has 172 valence electrons. The summed E-state index contributed by atoms with van der Waals surface area (Å²) in [5.41, 5.74) is 1.11. The molecule has 0 atom stereocenters. The third-order valence-electron chi connectivity index (χ3n) is 4.67. The van der Waals surface area contributed by atoms with Gasteiger partial charge in [0.15, 0.2) is 5.78 Å². The van der Waals surface area contributed by atoms with Crippen molar-refractivity contribution in [1.82, 2.24) is 0 Å². The fraction of sp³-hybridized carbons (Fsp3) is 0.167. The maximum Gasteiger partial charge on any atom is 0.338 e. The van der Waals surface area contributed by atoms with E-state index in [0.717, 1.165) is 11.6 Å². The molecule has 0 N–H and O–H groups in total. The van der Waals surface area contributed by atoms with E-state index in [1.54, 1.807) is 24.3 Å². The van der Waals surface area contributed by atoms with Gasteiger partial charge in [0, 0.05) is 0 Å². The van der Waals surface area contributed by atoms with Crippen molar-refractivity contribution in [2.45, 2.75) is 18.4 Å². The number of rotatable bonds is 9. The molecule has 0 saturated carbocycles. The Hall–Kier alpha value is -3.36. The highest BCUT2D eigenvalue weighted by Crippen LogP contribution is 2.32. The van der Waals surface area contributed by atoms with E-state index >= 15 is 0 Å². The van der Waals surface area contributed by atoms with E-state index in [9.17, 15) is 18.0 Å². The largest absolute Gasteiger partial charge is 0.497 e. The van der Waals surface area contributed by atoms with Crippen LogP contribution in [0.1, 0.15) is 22.8 Å². The molecule has 0 saturated heterocycles. The van der Waals surface area contributed by atoms with Crippen LogP contribution in [-0.2, 0) is 26.1 Å². The van der Waals surface area contributed by atoms with Crippen molar-refractivity contribution in [3.05, 3.63) is 88.9 Å². The number of esters is 1. The first-order chi connectivity index (χ1) is 15.7. The van der Waals surface area contributed by atoms with E-state index in [0.29, 0.717) is 11.4 Å². The number of hydrogen-bond acceptors (Lipinski definition) is 6. The van der Waals surface area contributed by atoms with E-state index < -0.39 is 22.6 Å². The number of nitrogens with zero attached hydrogens (tertiary/aromatic N) is 1. The second-order valence-electron chi connectivity index (χ2n) is 7.12. The molecule has 3 rings (SSSR count). The van der Waals surface area contributed by atoms with Crippen LogP contribution in [0.15, 0.2) is 77.7 Å². The molecule has 0 heterocycles. The Morgan fingerprint density at radius 3 is 2.24 bits per heavy atom. The lowest BCUT2D eigenvalue weighted by molar-refractivity contribution is -0.120. The van der Waals surface area contributed by atoms with Crippen LogP contribution in [0, 0.1) is 0 Å². The molecule has 0 bridgehead atoms. The van der Waals surface area contributed by atoms with Crippen LogP contribution in [0.3, 0.4) is 0 Å². The van der Waals surface area contributed by atoms with Gasteiger partial charge >= 0.3 is 5.97 Å². The van der Waals surface area contributed by atoms with Gasteiger partial charge in [0.2, 0.25) is 0 Å². The number of Topliss-reactive ketones (excluding diaryl/α,β-unsaturated/α-hetero) is 1. The molecule has 0 aromatic heterocycles. The Morgan fingerprint density at radius 1 is 0.970 bits per heavy atom. The smallest absolute Gasteiger partial charge is 0.338 e. The Balaban J connectivity index is 2.06. The summed E-state index contributed by atoms with van der Waals surface area (Å²) in [4.78, 5) is 23.2. The van der Waals surface area contributed by atoms with E-state index in [2.05, 4.69) is 0 Å². The van der Waals surface area contributed by atoms with Crippen molar-refractivity contribution in [2.24, 2.45) is 0 Å². The van der Waals surface area contributed by atoms with E-state index in [4.69, 9.17) is 21.1 Å². The van der Waals surface area contributed by atoms with Crippen molar-refractivity contribution in [3.63, 3.8) is 0 Å². The van der Waals surface area contributed by atoms with Crippen molar-refractivity contribution in [2.75, 3.05) is 18.0 Å². The summed E-state index contributed by atoms with van der Waals surface area (Å²) < 4.78 is 38.8. The number of carbonyl (C=O) groups excluding carboxylic acids is 2. The topological polar surface area (TPSA) is 90.0 Å². The Morgan fingerprint density at radius 2 is 1.64 bits per heavy atom. The number of halogens is 1. The first-order valence-corrected chi connectivity index (χ1v) is 11.7. The minimum atomic E-state index is -4.20. The molecule has 0 amide bonds. The minimum Gasteiger partial charge on any atom is -0.497 e. The lowest BCUT2D eigenvalue weighted by atomic mass is 10.2. The molecule has 0 unspecified atom stereocenters. The average molecular weight is 488 g/mol. The molecule has 0 aliphatic rings. The van der Waals surface area contributed by atoms with Crippen LogP contribution in [0.5, 0.6) is 5.75 Å². The predicted molar refractivity (Wildman–Crippen MR) is 125 cm³/mol. The van der Waals surface area contributed by atoms with Crippen molar-refractivity contribution in [3.8, 4) is 5.75 Å². The number of hydrogen-bond donors (Lipinski definition) is 0. The summed E-state index contributed by atoms with van der Waals surface area (Å²) in [6, 6.07) is 19.4. The molecule has 7 nitrogen and oxygen atoms in total. The number of sulfonamides is 1. The average Bonchev–Trinajstić information content (AvgIpc) is 2.81. The Kier molecular flexibility index (Phi) is 7.73. The molecule has 9 heteroatoms. The number of methoxy groups -OCH3 is 1. The summed E-state index contributed by atoms with van der Waals surface area (Å²) >= 11 is 6.26. The van der Waals surface area contributed by atoms with E-state index in [1.165, 1.54) is 30.5 Å². The lowest BCUT2D eigenvalue weighted by Gasteiger charge is -2.25. The number of ether oxygens (including phenoxy) is 2. The number of carbonyl (C=O) groups is 2. The zero-order valence-electron chi connectivity index (χ0n) is 18.0. The van der Waals surface area contributed by atoms with Gasteiger partial charge in [-0.25, -0.2) is 13.2 Å². The van der Waals surface area contributed by atoms with Crippen LogP contribution < -0.4 is 9.04 Å². The van der Waals surface area contributed by atoms with Crippen molar-refractivity contribution in [1.29, 1.82) is 0 Å². The highest BCUT2D eigenvalue weighted by molar-refractivity contribution is 7.93. The zero-order valence-corrected chi connectivity index (χ0v) is 19.6. The molecule has 0 fully saturated rings. The predicted octanol–water partition coefficient (Wildman–Crippen LogP) is 4.49. The number of anilines is 1. The van der Waals surface area contributed by atoms with Gasteiger partial charge in [0.05, 0.1) is 29.9 Å². The molecule has 33 heavy (non-hydrogen) atoms. The van der Waals surface area contributed by atoms with Crippen molar-refractivity contribution < 1.29 is 27.5 Å². The number of benzene rings is 3. The van der Waals surface area contributed by atoms with Gasteiger partial charge in [-0.05, 0) is 55.0 Å². The first-order valence-electron chi connectivity index (χ1n) is 9.89. The van der Waals surface area contributed by atoms with Crippen LogP contribution in [0.2, 0.25) is 5.02 Å². The summed E-state index contributed by atoms with van der Waals surface area (Å²) in [5, 5.41) is -0.0512. The fourth-order valence-corrected chi connectivity index (χ4v) is 4.97. The molecule has 0 aliphatic carbocycles. The van der Waals surface area contributed by atoms with Gasteiger partial charge in [-0.3, -0.25) is 9.10 Å².